The molecule has 0 amide bonds. The standard InChI is InChI=1S/C9H18N2/c1-2-9(4-5-10-8-9)11-6-3-7-11/h10H,2-8H2,1H3. The van der Waals surface area contributed by atoms with Gasteiger partial charge in [-0.3, -0.25) is 4.90 Å². The number of nitrogens with zero attached hydrogens (tertiary/aromatic N) is 1. The molecule has 1 unspecified atom stereocenters. The van der Waals surface area contributed by atoms with E-state index >= 15 is 0 Å². The molecule has 0 aromatic carbocycles. The van der Waals surface area contributed by atoms with Crippen LogP contribution in [0.25, 0.3) is 0 Å². The molecular formula is C9H18N2. The fourth-order valence-corrected chi connectivity index (χ4v) is 2.32. The Bertz CT molecular complexity index is 134. The molecule has 0 bridgehead atoms. The van der Waals surface area contributed by atoms with Crippen LogP contribution in [0.5, 0.6) is 0 Å². The van der Waals surface area contributed by atoms with Crippen molar-refractivity contribution in [2.75, 3.05) is 26.2 Å². The molecule has 0 saturated carbocycles. The van der Waals surface area contributed by atoms with Crippen LogP contribution >= 0.6 is 0 Å². The molecule has 2 aliphatic heterocycles. The number of rotatable bonds is 2. The zero-order chi connectivity index (χ0) is 7.73. The van der Waals surface area contributed by atoms with Crippen LogP contribution in [0.4, 0.5) is 0 Å². The fraction of sp³-hybridized carbons (Fsp3) is 1.00. The highest BCUT2D eigenvalue weighted by molar-refractivity contribution is 4.99. The molecule has 0 spiro atoms. The van der Waals surface area contributed by atoms with E-state index in [9.17, 15) is 0 Å². The fourth-order valence-electron chi connectivity index (χ4n) is 2.32. The second-order valence-corrected chi connectivity index (χ2v) is 3.85. The molecule has 64 valence electrons. The normalized spacial score (nSPS) is 39.0. The van der Waals surface area contributed by atoms with Gasteiger partial charge in [-0.05, 0) is 38.9 Å². The lowest BCUT2D eigenvalue weighted by Gasteiger charge is -2.46. The molecule has 2 heteroatoms. The molecule has 2 heterocycles. The van der Waals surface area contributed by atoms with Crippen molar-refractivity contribution in [2.45, 2.75) is 31.7 Å². The summed E-state index contributed by atoms with van der Waals surface area (Å²) in [7, 11) is 0. The van der Waals surface area contributed by atoms with Crippen molar-refractivity contribution in [2.24, 2.45) is 0 Å². The Labute approximate surface area is 69.0 Å². The molecule has 2 rings (SSSR count). The van der Waals surface area contributed by atoms with E-state index in [2.05, 4.69) is 17.1 Å². The smallest absolute Gasteiger partial charge is 0.0343 e. The number of hydrogen-bond acceptors (Lipinski definition) is 2. The van der Waals surface area contributed by atoms with E-state index in [1.54, 1.807) is 0 Å². The maximum Gasteiger partial charge on any atom is 0.0343 e. The van der Waals surface area contributed by atoms with Crippen molar-refractivity contribution in [3.63, 3.8) is 0 Å². The van der Waals surface area contributed by atoms with Gasteiger partial charge in [0.25, 0.3) is 0 Å². The lowest BCUT2D eigenvalue weighted by molar-refractivity contribution is 0.0397. The van der Waals surface area contributed by atoms with Crippen LogP contribution in [0.3, 0.4) is 0 Å². The second-order valence-electron chi connectivity index (χ2n) is 3.85. The van der Waals surface area contributed by atoms with Crippen LogP contribution in [0.2, 0.25) is 0 Å². The first-order chi connectivity index (χ1) is 5.37. The third-order valence-corrected chi connectivity index (χ3v) is 3.41. The van der Waals surface area contributed by atoms with E-state index in [1.165, 1.54) is 45.4 Å². The number of nitrogens with one attached hydrogen (secondary N) is 1. The summed E-state index contributed by atoms with van der Waals surface area (Å²) in [6, 6.07) is 0. The first-order valence-corrected chi connectivity index (χ1v) is 4.83. The highest BCUT2D eigenvalue weighted by Crippen LogP contribution is 2.30. The summed E-state index contributed by atoms with van der Waals surface area (Å²) in [5.74, 6) is 0. The Hall–Kier alpha value is -0.0800. The molecule has 2 fully saturated rings. The largest absolute Gasteiger partial charge is 0.315 e. The topological polar surface area (TPSA) is 15.3 Å². The summed E-state index contributed by atoms with van der Waals surface area (Å²) in [5.41, 5.74) is 0.554. The van der Waals surface area contributed by atoms with Crippen molar-refractivity contribution >= 4 is 0 Å². The van der Waals surface area contributed by atoms with Crippen LogP contribution < -0.4 is 5.32 Å². The van der Waals surface area contributed by atoms with Crippen molar-refractivity contribution < 1.29 is 0 Å². The average molecular weight is 154 g/mol. The number of hydrogen-bond donors (Lipinski definition) is 1. The monoisotopic (exact) mass is 154 g/mol. The maximum atomic E-state index is 3.47. The van der Waals surface area contributed by atoms with Gasteiger partial charge in [0.1, 0.15) is 0 Å². The van der Waals surface area contributed by atoms with Crippen molar-refractivity contribution in [1.29, 1.82) is 0 Å². The van der Waals surface area contributed by atoms with E-state index < -0.39 is 0 Å². The van der Waals surface area contributed by atoms with Gasteiger partial charge in [-0.2, -0.15) is 0 Å². The van der Waals surface area contributed by atoms with Gasteiger partial charge in [0.15, 0.2) is 0 Å². The molecular weight excluding hydrogens is 136 g/mol. The lowest BCUT2D eigenvalue weighted by Crippen LogP contribution is -2.56. The summed E-state index contributed by atoms with van der Waals surface area (Å²) < 4.78 is 0. The summed E-state index contributed by atoms with van der Waals surface area (Å²) in [6.45, 7) is 7.46. The van der Waals surface area contributed by atoms with Crippen molar-refractivity contribution in [1.82, 2.24) is 10.2 Å². The zero-order valence-corrected chi connectivity index (χ0v) is 7.40. The first-order valence-electron chi connectivity index (χ1n) is 4.83. The van der Waals surface area contributed by atoms with Crippen LogP contribution in [0.15, 0.2) is 0 Å². The number of likely N-dealkylation sites (tertiary alicyclic amines) is 1. The molecule has 2 nitrogen and oxygen atoms in total. The third-order valence-electron chi connectivity index (χ3n) is 3.41. The van der Waals surface area contributed by atoms with E-state index in [0.717, 1.165) is 0 Å². The quantitative estimate of drug-likeness (QED) is 0.634. The minimum atomic E-state index is 0.554. The van der Waals surface area contributed by atoms with Gasteiger partial charge in [0.05, 0.1) is 0 Å². The van der Waals surface area contributed by atoms with E-state index in [1.807, 2.05) is 0 Å². The molecule has 0 radical (unpaired) electrons. The molecule has 2 saturated heterocycles. The molecule has 0 aliphatic carbocycles. The minimum Gasteiger partial charge on any atom is -0.315 e. The SMILES string of the molecule is CCC1(N2CCC2)CCNC1. The van der Waals surface area contributed by atoms with Crippen LogP contribution in [-0.2, 0) is 0 Å². The maximum absolute atomic E-state index is 3.47. The third kappa shape index (κ3) is 1.09. The van der Waals surface area contributed by atoms with E-state index in [0.29, 0.717) is 5.54 Å². The van der Waals surface area contributed by atoms with Crippen molar-refractivity contribution in [3.05, 3.63) is 0 Å². The Kier molecular flexibility index (Phi) is 1.90. The van der Waals surface area contributed by atoms with E-state index in [4.69, 9.17) is 0 Å². The first kappa shape index (κ1) is 7.56. The van der Waals surface area contributed by atoms with Gasteiger partial charge in [0.2, 0.25) is 0 Å². The van der Waals surface area contributed by atoms with Gasteiger partial charge in [0, 0.05) is 12.1 Å². The summed E-state index contributed by atoms with van der Waals surface area (Å²) in [6.07, 6.45) is 4.10. The van der Waals surface area contributed by atoms with Gasteiger partial charge in [-0.15, -0.1) is 0 Å². The van der Waals surface area contributed by atoms with Crippen LogP contribution in [0, 0.1) is 0 Å². The Morgan fingerprint density at radius 2 is 2.27 bits per heavy atom. The Morgan fingerprint density at radius 1 is 1.45 bits per heavy atom. The molecule has 11 heavy (non-hydrogen) atoms. The van der Waals surface area contributed by atoms with Gasteiger partial charge in [-0.25, -0.2) is 0 Å². The van der Waals surface area contributed by atoms with Crippen molar-refractivity contribution in [3.8, 4) is 0 Å². The predicted molar refractivity (Wildman–Crippen MR) is 46.7 cm³/mol. The molecule has 0 aromatic rings. The van der Waals surface area contributed by atoms with Gasteiger partial charge >= 0.3 is 0 Å². The highest BCUT2D eigenvalue weighted by atomic mass is 15.3. The second kappa shape index (κ2) is 2.76. The molecule has 1 N–H and O–H groups in total. The van der Waals surface area contributed by atoms with Gasteiger partial charge in [-0.1, -0.05) is 6.92 Å². The Balaban J connectivity index is 2.02. The summed E-state index contributed by atoms with van der Waals surface area (Å²) >= 11 is 0. The molecule has 1 atom stereocenters. The zero-order valence-electron chi connectivity index (χ0n) is 7.40. The van der Waals surface area contributed by atoms with Crippen LogP contribution in [0.1, 0.15) is 26.2 Å². The van der Waals surface area contributed by atoms with Gasteiger partial charge < -0.3 is 5.32 Å². The molecule has 0 aromatic heterocycles. The average Bonchev–Trinajstić information content (AvgIpc) is 2.34. The minimum absolute atomic E-state index is 0.554. The summed E-state index contributed by atoms with van der Waals surface area (Å²) in [5, 5.41) is 3.47. The van der Waals surface area contributed by atoms with Crippen LogP contribution in [-0.4, -0.2) is 36.6 Å². The van der Waals surface area contributed by atoms with E-state index in [-0.39, 0.29) is 0 Å². The molecule has 2 aliphatic rings. The highest BCUT2D eigenvalue weighted by Gasteiger charge is 2.40. The Morgan fingerprint density at radius 3 is 2.64 bits per heavy atom. The lowest BCUT2D eigenvalue weighted by atomic mass is 9.90. The predicted octanol–water partition coefficient (Wildman–Crippen LogP) is 0.834. The summed E-state index contributed by atoms with van der Waals surface area (Å²) in [4.78, 5) is 2.66.